The number of sulfonamides is 1. The van der Waals surface area contributed by atoms with Gasteiger partial charge in [0, 0.05) is 35.8 Å². The van der Waals surface area contributed by atoms with Crippen LogP contribution in [-0.4, -0.2) is 56.3 Å². The Morgan fingerprint density at radius 1 is 1.12 bits per heavy atom. The molecule has 1 saturated heterocycles. The van der Waals surface area contributed by atoms with Crippen molar-refractivity contribution in [3.8, 4) is 0 Å². The van der Waals surface area contributed by atoms with Crippen molar-refractivity contribution >= 4 is 45.8 Å². The van der Waals surface area contributed by atoms with E-state index in [9.17, 15) is 18.0 Å². The van der Waals surface area contributed by atoms with Gasteiger partial charge < -0.3 is 14.6 Å². The molecule has 0 aliphatic carbocycles. The largest absolute Gasteiger partial charge is 0.355 e. The Morgan fingerprint density at radius 3 is 2.61 bits per heavy atom. The van der Waals surface area contributed by atoms with E-state index in [0.29, 0.717) is 27.3 Å². The summed E-state index contributed by atoms with van der Waals surface area (Å²) in [6, 6.07) is 11.3. The first-order chi connectivity index (χ1) is 15.8. The molecule has 4 rings (SSSR count). The van der Waals surface area contributed by atoms with Gasteiger partial charge in [-0.3, -0.25) is 9.59 Å². The molecule has 8 nitrogen and oxygen atoms in total. The molecule has 0 unspecified atom stereocenters. The van der Waals surface area contributed by atoms with Gasteiger partial charge >= 0.3 is 6.47 Å². The summed E-state index contributed by atoms with van der Waals surface area (Å²) in [6.07, 6.45) is 2.43. The summed E-state index contributed by atoms with van der Waals surface area (Å²) in [5.41, 5.74) is 3.71. The van der Waals surface area contributed by atoms with Gasteiger partial charge in [0.2, 0.25) is 5.91 Å². The van der Waals surface area contributed by atoms with Crippen molar-refractivity contribution < 1.29 is 22.8 Å². The second kappa shape index (κ2) is 9.64. The van der Waals surface area contributed by atoms with Crippen molar-refractivity contribution in [2.24, 2.45) is 0 Å². The fraction of sp³-hybridized carbons (Fsp3) is 0.304. The third kappa shape index (κ3) is 5.11. The number of hydrogen-bond donors (Lipinski definition) is 0. The lowest BCUT2D eigenvalue weighted by Gasteiger charge is -2.27. The summed E-state index contributed by atoms with van der Waals surface area (Å²) >= 11 is 5.85. The molecule has 1 atom stereocenters. The zero-order valence-electron chi connectivity index (χ0n) is 18.1. The molecule has 0 saturated carbocycles. The Bertz CT molecular complexity index is 1180. The van der Waals surface area contributed by atoms with Gasteiger partial charge in [-0.1, -0.05) is 29.8 Å². The lowest BCUT2D eigenvalue weighted by Crippen LogP contribution is -2.44. The van der Waals surface area contributed by atoms with Gasteiger partial charge in [0.1, 0.15) is 6.04 Å². The van der Waals surface area contributed by atoms with E-state index in [1.807, 2.05) is 18.2 Å². The first kappa shape index (κ1) is 23.4. The Morgan fingerprint density at radius 2 is 1.88 bits per heavy atom. The summed E-state index contributed by atoms with van der Waals surface area (Å²) in [5.74, 6) is -0.437. The maximum absolute atomic E-state index is 13.2. The summed E-state index contributed by atoms with van der Waals surface area (Å²) < 4.78 is 26.3. The van der Waals surface area contributed by atoms with Crippen LogP contribution in [0, 0.1) is 0 Å². The predicted octanol–water partition coefficient (Wildman–Crippen LogP) is 2.82. The number of nitrogens with zero attached hydrogens (tertiary/aromatic N) is 3. The molecule has 0 N–H and O–H groups in total. The highest BCUT2D eigenvalue weighted by Crippen LogP contribution is 2.30. The molecule has 0 bridgehead atoms. The number of likely N-dealkylation sites (N-methyl/N-ethyl adjacent to an activating group) is 1. The Balaban J connectivity index is 1.54. The summed E-state index contributed by atoms with van der Waals surface area (Å²) in [5, 5.41) is 1.43. The van der Waals surface area contributed by atoms with Crippen LogP contribution in [0.4, 0.5) is 5.69 Å². The molecule has 174 valence electrons. The zero-order chi connectivity index (χ0) is 23.6. The normalized spacial score (nSPS) is 19.3. The smallest absolute Gasteiger partial charge is 0.314 e. The number of hydroxylamine groups is 1. The third-order valence-electron chi connectivity index (χ3n) is 5.84. The Kier molecular flexibility index (Phi) is 6.85. The van der Waals surface area contributed by atoms with Crippen LogP contribution in [0.3, 0.4) is 0 Å². The maximum atomic E-state index is 13.2. The van der Waals surface area contributed by atoms with E-state index < -0.39 is 22.0 Å². The van der Waals surface area contributed by atoms with Crippen molar-refractivity contribution in [1.29, 1.82) is 0 Å². The molecule has 33 heavy (non-hydrogen) atoms. The summed E-state index contributed by atoms with van der Waals surface area (Å²) in [6.45, 7) is 2.12. The van der Waals surface area contributed by atoms with E-state index in [2.05, 4.69) is 11.9 Å². The van der Waals surface area contributed by atoms with Gasteiger partial charge in [0.25, 0.3) is 10.0 Å². The van der Waals surface area contributed by atoms with Crippen molar-refractivity contribution in [3.63, 3.8) is 0 Å². The van der Waals surface area contributed by atoms with Gasteiger partial charge in [-0.25, -0.2) is 8.42 Å². The third-order valence-corrected chi connectivity index (χ3v) is 7.41. The minimum absolute atomic E-state index is 0.0129. The highest BCUT2D eigenvalue weighted by Gasteiger charge is 2.43. The quantitative estimate of drug-likeness (QED) is 0.439. The fourth-order valence-electron chi connectivity index (χ4n) is 4.12. The highest BCUT2D eigenvalue weighted by atomic mass is 35.5. The van der Waals surface area contributed by atoms with E-state index >= 15 is 0 Å². The van der Waals surface area contributed by atoms with E-state index in [4.69, 9.17) is 16.4 Å². The molecule has 2 aromatic rings. The van der Waals surface area contributed by atoms with Gasteiger partial charge in [-0.15, -0.1) is 0 Å². The van der Waals surface area contributed by atoms with Crippen LogP contribution in [0.15, 0.2) is 47.9 Å². The minimum atomic E-state index is -4.22. The Hall–Kier alpha value is -2.72. The molecule has 1 fully saturated rings. The number of rotatable bonds is 7. The monoisotopic (exact) mass is 489 g/mol. The lowest BCUT2D eigenvalue weighted by atomic mass is 9.99. The topological polar surface area (TPSA) is 87.2 Å². The number of halogens is 1. The standard InChI is InChI=1S/C23H24ClN3O5S/c1-25-11-8-18-14-21(7-4-19(18)15-25)26-12-9-22(23(26)29)27(32-16-28)33(30,31)13-10-17-2-5-20(24)6-3-17/h2-7,10,13-14,16,22H,8-9,11-12,15H2,1H3/b13-10+/t22-/m0/s1. The molecule has 2 aliphatic rings. The van der Waals surface area contributed by atoms with Gasteiger partial charge in [0.15, 0.2) is 0 Å². The van der Waals surface area contributed by atoms with E-state index in [1.165, 1.54) is 17.2 Å². The van der Waals surface area contributed by atoms with Crippen LogP contribution in [0.2, 0.25) is 5.02 Å². The van der Waals surface area contributed by atoms with Crippen LogP contribution in [-0.2, 0) is 37.4 Å². The number of anilines is 1. The second-order valence-electron chi connectivity index (χ2n) is 8.09. The molecular weight excluding hydrogens is 466 g/mol. The molecule has 0 spiro atoms. The average Bonchev–Trinajstić information content (AvgIpc) is 3.17. The molecule has 1 amide bonds. The number of benzene rings is 2. The molecule has 2 aromatic carbocycles. The maximum Gasteiger partial charge on any atom is 0.314 e. The van der Waals surface area contributed by atoms with Crippen LogP contribution >= 0.6 is 11.6 Å². The first-order valence-corrected chi connectivity index (χ1v) is 12.4. The van der Waals surface area contributed by atoms with Crippen molar-refractivity contribution in [2.75, 3.05) is 25.0 Å². The van der Waals surface area contributed by atoms with Crippen LogP contribution in [0.1, 0.15) is 23.1 Å². The highest BCUT2D eigenvalue weighted by molar-refractivity contribution is 7.92. The molecule has 2 aliphatic heterocycles. The average molecular weight is 490 g/mol. The molecular formula is C23H24ClN3O5S. The molecule has 0 aromatic heterocycles. The van der Waals surface area contributed by atoms with Crippen molar-refractivity contribution in [2.45, 2.75) is 25.4 Å². The SMILES string of the molecule is CN1CCc2cc(N3CC[C@H](N(OC=O)S(=O)(=O)/C=C/c4ccc(Cl)cc4)C3=O)ccc2C1. The number of carbonyl (C=O) groups excluding carboxylic acids is 2. The van der Waals surface area contributed by atoms with Crippen LogP contribution in [0.25, 0.3) is 6.08 Å². The number of fused-ring (bicyclic) bond motifs is 1. The van der Waals surface area contributed by atoms with E-state index in [-0.39, 0.29) is 12.9 Å². The zero-order valence-corrected chi connectivity index (χ0v) is 19.6. The van der Waals surface area contributed by atoms with E-state index in [0.717, 1.165) is 24.9 Å². The second-order valence-corrected chi connectivity index (χ2v) is 10.2. The predicted molar refractivity (Wildman–Crippen MR) is 126 cm³/mol. The van der Waals surface area contributed by atoms with Crippen molar-refractivity contribution in [1.82, 2.24) is 9.37 Å². The number of carbonyl (C=O) groups is 2. The summed E-state index contributed by atoms with van der Waals surface area (Å²) in [7, 11) is -2.16. The first-order valence-electron chi connectivity index (χ1n) is 10.5. The van der Waals surface area contributed by atoms with Crippen LogP contribution < -0.4 is 4.90 Å². The van der Waals surface area contributed by atoms with E-state index in [1.54, 1.807) is 29.2 Å². The summed E-state index contributed by atoms with van der Waals surface area (Å²) in [4.78, 5) is 32.8. The minimum Gasteiger partial charge on any atom is -0.355 e. The van der Waals surface area contributed by atoms with Crippen molar-refractivity contribution in [3.05, 3.63) is 69.6 Å². The molecule has 2 heterocycles. The fourth-order valence-corrected chi connectivity index (χ4v) is 5.40. The molecule has 0 radical (unpaired) electrons. The molecule has 10 heteroatoms. The van der Waals surface area contributed by atoms with Gasteiger partial charge in [0.05, 0.1) is 0 Å². The van der Waals surface area contributed by atoms with Gasteiger partial charge in [-0.05, 0) is 71.4 Å². The van der Waals surface area contributed by atoms with Gasteiger partial charge in [-0.2, -0.15) is 0 Å². The Labute approximate surface area is 198 Å². The lowest BCUT2D eigenvalue weighted by molar-refractivity contribution is -0.160. The number of amides is 1. The van der Waals surface area contributed by atoms with Crippen LogP contribution in [0.5, 0.6) is 0 Å². The number of hydrogen-bond acceptors (Lipinski definition) is 6.